The normalized spacial score (nSPS) is 12.1. The molecule has 1 unspecified atom stereocenters. The molecule has 5 heteroatoms. The van der Waals surface area contributed by atoms with Crippen LogP contribution in [0.5, 0.6) is 0 Å². The molecule has 0 saturated carbocycles. The lowest BCUT2D eigenvalue weighted by molar-refractivity contribution is -0.122. The average molecular weight is 339 g/mol. The summed E-state index contributed by atoms with van der Waals surface area (Å²) in [6.45, 7) is 6.40. The second-order valence-electron chi connectivity index (χ2n) is 6.04. The molecule has 1 N–H and O–H groups in total. The standard InChI is InChI=1S/C19H21N3OS/c1-13-4-5-16(10-14(13)2)15(3)20-19(23)11-22-8-6-18(21-22)17-7-9-24-12-17/h4-10,12,15H,11H2,1-3H3,(H,20,23). The molecule has 124 valence electrons. The number of hydrogen-bond acceptors (Lipinski definition) is 3. The molecule has 0 aliphatic heterocycles. The SMILES string of the molecule is Cc1ccc(C(C)NC(=O)Cn2ccc(-c3ccsc3)n2)cc1C. The Kier molecular flexibility index (Phi) is 4.81. The van der Waals surface area contributed by atoms with E-state index in [1.165, 1.54) is 11.1 Å². The molecule has 0 aliphatic carbocycles. The van der Waals surface area contributed by atoms with E-state index in [1.54, 1.807) is 16.0 Å². The van der Waals surface area contributed by atoms with E-state index >= 15 is 0 Å². The first kappa shape index (κ1) is 16.5. The Labute approximate surface area is 146 Å². The van der Waals surface area contributed by atoms with Gasteiger partial charge in [-0.15, -0.1) is 0 Å². The molecular formula is C19H21N3OS. The highest BCUT2D eigenvalue weighted by atomic mass is 32.1. The Morgan fingerprint density at radius 2 is 2.08 bits per heavy atom. The van der Waals surface area contributed by atoms with Crippen molar-refractivity contribution in [3.8, 4) is 11.3 Å². The van der Waals surface area contributed by atoms with Crippen LogP contribution in [-0.4, -0.2) is 15.7 Å². The summed E-state index contributed by atoms with van der Waals surface area (Å²) in [5, 5.41) is 11.6. The zero-order chi connectivity index (χ0) is 17.1. The van der Waals surface area contributed by atoms with E-state index in [2.05, 4.69) is 47.8 Å². The Morgan fingerprint density at radius 1 is 1.25 bits per heavy atom. The molecule has 3 aromatic rings. The van der Waals surface area contributed by atoms with Crippen LogP contribution in [0.4, 0.5) is 0 Å². The minimum Gasteiger partial charge on any atom is -0.348 e. The van der Waals surface area contributed by atoms with Gasteiger partial charge < -0.3 is 5.32 Å². The minimum atomic E-state index is -0.0410. The highest BCUT2D eigenvalue weighted by Crippen LogP contribution is 2.20. The third-order valence-electron chi connectivity index (χ3n) is 4.17. The number of thiophene rings is 1. The zero-order valence-electron chi connectivity index (χ0n) is 14.1. The van der Waals surface area contributed by atoms with E-state index in [0.717, 1.165) is 16.8 Å². The first-order valence-electron chi connectivity index (χ1n) is 7.95. The van der Waals surface area contributed by atoms with Gasteiger partial charge in [0.15, 0.2) is 0 Å². The summed E-state index contributed by atoms with van der Waals surface area (Å²) in [6, 6.07) is 10.2. The van der Waals surface area contributed by atoms with Crippen molar-refractivity contribution in [1.82, 2.24) is 15.1 Å². The maximum Gasteiger partial charge on any atom is 0.242 e. The van der Waals surface area contributed by atoms with E-state index in [4.69, 9.17) is 0 Å². The van der Waals surface area contributed by atoms with Crippen LogP contribution in [-0.2, 0) is 11.3 Å². The first-order valence-corrected chi connectivity index (χ1v) is 8.90. The van der Waals surface area contributed by atoms with Crippen molar-refractivity contribution in [3.63, 3.8) is 0 Å². The Morgan fingerprint density at radius 3 is 2.79 bits per heavy atom. The number of carbonyl (C=O) groups excluding carboxylic acids is 1. The summed E-state index contributed by atoms with van der Waals surface area (Å²) in [7, 11) is 0. The number of benzene rings is 1. The lowest BCUT2D eigenvalue weighted by Crippen LogP contribution is -2.30. The fourth-order valence-corrected chi connectivity index (χ4v) is 3.22. The fourth-order valence-electron chi connectivity index (χ4n) is 2.57. The number of carbonyl (C=O) groups is 1. The van der Waals surface area contributed by atoms with E-state index < -0.39 is 0 Å². The smallest absolute Gasteiger partial charge is 0.242 e. The summed E-state index contributed by atoms with van der Waals surface area (Å²) >= 11 is 1.64. The van der Waals surface area contributed by atoms with Gasteiger partial charge in [0.1, 0.15) is 6.54 Å². The molecule has 1 amide bonds. The summed E-state index contributed by atoms with van der Waals surface area (Å²) in [5.74, 6) is -0.0410. The summed E-state index contributed by atoms with van der Waals surface area (Å²) in [5.41, 5.74) is 5.59. The molecule has 4 nitrogen and oxygen atoms in total. The summed E-state index contributed by atoms with van der Waals surface area (Å²) in [4.78, 5) is 12.3. The number of hydrogen-bond donors (Lipinski definition) is 1. The number of aromatic nitrogens is 2. The number of amides is 1. The van der Waals surface area contributed by atoms with E-state index in [0.29, 0.717) is 0 Å². The van der Waals surface area contributed by atoms with Crippen molar-refractivity contribution in [2.45, 2.75) is 33.4 Å². The monoisotopic (exact) mass is 339 g/mol. The third-order valence-corrected chi connectivity index (χ3v) is 4.85. The van der Waals surface area contributed by atoms with E-state index in [-0.39, 0.29) is 18.5 Å². The molecule has 1 aromatic carbocycles. The van der Waals surface area contributed by atoms with Crippen molar-refractivity contribution < 1.29 is 4.79 Å². The molecule has 0 bridgehead atoms. The largest absolute Gasteiger partial charge is 0.348 e. The molecule has 1 atom stereocenters. The molecule has 2 aromatic heterocycles. The van der Waals surface area contributed by atoms with Gasteiger partial charge in [-0.25, -0.2) is 0 Å². The van der Waals surface area contributed by atoms with Crippen molar-refractivity contribution in [2.75, 3.05) is 0 Å². The molecule has 3 rings (SSSR count). The molecule has 0 spiro atoms. The van der Waals surface area contributed by atoms with Gasteiger partial charge in [-0.2, -0.15) is 16.4 Å². The van der Waals surface area contributed by atoms with Crippen LogP contribution in [0.2, 0.25) is 0 Å². The van der Waals surface area contributed by atoms with Gasteiger partial charge in [0, 0.05) is 17.1 Å². The van der Waals surface area contributed by atoms with Gasteiger partial charge in [-0.05, 0) is 55.0 Å². The lowest BCUT2D eigenvalue weighted by Gasteiger charge is -2.15. The van der Waals surface area contributed by atoms with Gasteiger partial charge in [-0.3, -0.25) is 9.48 Å². The molecule has 24 heavy (non-hydrogen) atoms. The van der Waals surface area contributed by atoms with E-state index in [9.17, 15) is 4.79 Å². The van der Waals surface area contributed by atoms with Crippen molar-refractivity contribution in [1.29, 1.82) is 0 Å². The highest BCUT2D eigenvalue weighted by molar-refractivity contribution is 7.08. The van der Waals surface area contributed by atoms with Crippen molar-refractivity contribution >= 4 is 17.2 Å². The van der Waals surface area contributed by atoms with Gasteiger partial charge in [0.05, 0.1) is 11.7 Å². The van der Waals surface area contributed by atoms with Gasteiger partial charge in [0.2, 0.25) is 5.91 Å². The molecule has 0 aliphatic rings. The average Bonchev–Trinajstić information content (AvgIpc) is 3.20. The maximum absolute atomic E-state index is 12.3. The first-order chi connectivity index (χ1) is 11.5. The third kappa shape index (κ3) is 3.74. The van der Waals surface area contributed by atoms with Crippen LogP contribution < -0.4 is 5.32 Å². The highest BCUT2D eigenvalue weighted by Gasteiger charge is 2.12. The molecular weight excluding hydrogens is 318 g/mol. The second-order valence-corrected chi connectivity index (χ2v) is 6.82. The zero-order valence-corrected chi connectivity index (χ0v) is 14.9. The molecule has 2 heterocycles. The quantitative estimate of drug-likeness (QED) is 0.760. The number of aryl methyl sites for hydroxylation is 2. The van der Waals surface area contributed by atoms with Crippen molar-refractivity contribution in [2.24, 2.45) is 0 Å². The summed E-state index contributed by atoms with van der Waals surface area (Å²) < 4.78 is 1.68. The Balaban J connectivity index is 1.62. The van der Waals surface area contributed by atoms with Gasteiger partial charge in [-0.1, -0.05) is 18.2 Å². The topological polar surface area (TPSA) is 46.9 Å². The predicted octanol–water partition coefficient (Wildman–Crippen LogP) is 4.11. The van der Waals surface area contributed by atoms with Gasteiger partial charge >= 0.3 is 0 Å². The molecule has 0 radical (unpaired) electrons. The second kappa shape index (κ2) is 7.01. The fraction of sp³-hybridized carbons (Fsp3) is 0.263. The van der Waals surface area contributed by atoms with Crippen molar-refractivity contribution in [3.05, 3.63) is 64.0 Å². The number of nitrogens with zero attached hydrogens (tertiary/aromatic N) is 2. The molecule has 0 saturated heterocycles. The minimum absolute atomic E-state index is 0.0243. The summed E-state index contributed by atoms with van der Waals surface area (Å²) in [6.07, 6.45) is 1.84. The van der Waals surface area contributed by atoms with Crippen LogP contribution in [0, 0.1) is 13.8 Å². The van der Waals surface area contributed by atoms with Crippen LogP contribution >= 0.6 is 11.3 Å². The predicted molar refractivity (Wildman–Crippen MR) is 98.0 cm³/mol. The lowest BCUT2D eigenvalue weighted by atomic mass is 10.0. The Hall–Kier alpha value is -2.40. The number of nitrogens with one attached hydrogen (secondary N) is 1. The Bertz CT molecular complexity index is 836. The van der Waals surface area contributed by atoms with Crippen LogP contribution in [0.15, 0.2) is 47.3 Å². The van der Waals surface area contributed by atoms with Crippen LogP contribution in [0.3, 0.4) is 0 Å². The molecule has 0 fully saturated rings. The van der Waals surface area contributed by atoms with Crippen LogP contribution in [0.1, 0.15) is 29.7 Å². The van der Waals surface area contributed by atoms with Gasteiger partial charge in [0.25, 0.3) is 0 Å². The maximum atomic E-state index is 12.3. The number of rotatable bonds is 5. The van der Waals surface area contributed by atoms with E-state index in [1.807, 2.05) is 30.6 Å². The van der Waals surface area contributed by atoms with Crippen LogP contribution in [0.25, 0.3) is 11.3 Å².